The van der Waals surface area contributed by atoms with Crippen molar-refractivity contribution in [2.45, 2.75) is 6.92 Å². The highest BCUT2D eigenvalue weighted by molar-refractivity contribution is 6.03. The Morgan fingerprint density at radius 2 is 1.78 bits per heavy atom. The van der Waals surface area contributed by atoms with Gasteiger partial charge in [-0.2, -0.15) is 5.10 Å². The Morgan fingerprint density at radius 1 is 1.04 bits per heavy atom. The minimum Gasteiger partial charge on any atom is -0.507 e. The van der Waals surface area contributed by atoms with Crippen molar-refractivity contribution < 1.29 is 9.90 Å². The molecule has 0 heterocycles. The third-order valence-corrected chi connectivity index (χ3v) is 3.70. The number of carbonyl (C=O) groups is 1. The van der Waals surface area contributed by atoms with E-state index in [1.54, 1.807) is 12.1 Å². The molecule has 0 aliphatic rings. The second kappa shape index (κ2) is 6.32. The molecular formula is C19H16N2O2. The van der Waals surface area contributed by atoms with Gasteiger partial charge in [-0.3, -0.25) is 4.79 Å². The number of nitrogens with one attached hydrogen (secondary N) is 1. The molecule has 3 rings (SSSR count). The van der Waals surface area contributed by atoms with E-state index >= 15 is 0 Å². The third-order valence-electron chi connectivity index (χ3n) is 3.70. The molecule has 4 heteroatoms. The maximum Gasteiger partial charge on any atom is 0.271 e. The Hall–Kier alpha value is -3.14. The molecule has 0 aliphatic heterocycles. The Bertz CT molecular complexity index is 901. The van der Waals surface area contributed by atoms with Gasteiger partial charge in [0.15, 0.2) is 0 Å². The fourth-order valence-corrected chi connectivity index (χ4v) is 2.46. The molecule has 0 fully saturated rings. The van der Waals surface area contributed by atoms with Crippen LogP contribution >= 0.6 is 0 Å². The van der Waals surface area contributed by atoms with Gasteiger partial charge in [0.1, 0.15) is 5.75 Å². The van der Waals surface area contributed by atoms with Crippen LogP contribution in [-0.2, 0) is 0 Å². The molecule has 0 atom stereocenters. The van der Waals surface area contributed by atoms with Crippen LogP contribution in [0, 0.1) is 6.92 Å². The predicted octanol–water partition coefficient (Wildman–Crippen LogP) is 3.62. The molecule has 0 bridgehead atoms. The van der Waals surface area contributed by atoms with Crippen LogP contribution < -0.4 is 5.43 Å². The topological polar surface area (TPSA) is 61.7 Å². The number of hydrogen-bond donors (Lipinski definition) is 2. The Balaban J connectivity index is 1.85. The first-order valence-electron chi connectivity index (χ1n) is 7.26. The number of nitrogens with zero attached hydrogens (tertiary/aromatic N) is 1. The molecule has 3 aromatic rings. The van der Waals surface area contributed by atoms with Crippen molar-refractivity contribution in [1.29, 1.82) is 0 Å². The van der Waals surface area contributed by atoms with Crippen molar-refractivity contribution in [3.63, 3.8) is 0 Å². The van der Waals surface area contributed by atoms with E-state index in [0.29, 0.717) is 11.1 Å². The van der Waals surface area contributed by atoms with E-state index in [0.717, 1.165) is 16.3 Å². The summed E-state index contributed by atoms with van der Waals surface area (Å²) in [7, 11) is 0. The average Bonchev–Trinajstić information content (AvgIpc) is 2.57. The minimum absolute atomic E-state index is 0.123. The highest BCUT2D eigenvalue weighted by Gasteiger charge is 2.07. The number of rotatable bonds is 3. The molecular weight excluding hydrogens is 288 g/mol. The lowest BCUT2D eigenvalue weighted by atomic mass is 10.0. The molecule has 0 aliphatic carbocycles. The quantitative estimate of drug-likeness (QED) is 0.573. The third kappa shape index (κ3) is 3.06. The van der Waals surface area contributed by atoms with Crippen molar-refractivity contribution in [3.8, 4) is 5.75 Å². The highest BCUT2D eigenvalue weighted by atomic mass is 16.3. The summed E-state index contributed by atoms with van der Waals surface area (Å²) in [4.78, 5) is 12.1. The van der Waals surface area contributed by atoms with Crippen LogP contribution in [-0.4, -0.2) is 17.2 Å². The number of phenolic OH excluding ortho intramolecular Hbond substituents is 1. The second-order valence-electron chi connectivity index (χ2n) is 5.23. The normalized spacial score (nSPS) is 11.0. The Morgan fingerprint density at radius 3 is 2.61 bits per heavy atom. The first-order chi connectivity index (χ1) is 11.2. The molecule has 114 valence electrons. The first-order valence-corrected chi connectivity index (χ1v) is 7.26. The smallest absolute Gasteiger partial charge is 0.271 e. The highest BCUT2D eigenvalue weighted by Crippen LogP contribution is 2.25. The van der Waals surface area contributed by atoms with Gasteiger partial charge < -0.3 is 5.11 Å². The summed E-state index contributed by atoms with van der Waals surface area (Å²) >= 11 is 0. The molecule has 2 N–H and O–H groups in total. The van der Waals surface area contributed by atoms with Gasteiger partial charge in [-0.25, -0.2) is 5.43 Å². The largest absolute Gasteiger partial charge is 0.507 e. The van der Waals surface area contributed by atoms with Crippen LogP contribution in [0.4, 0.5) is 0 Å². The van der Waals surface area contributed by atoms with Gasteiger partial charge >= 0.3 is 0 Å². The number of benzene rings is 3. The summed E-state index contributed by atoms with van der Waals surface area (Å²) in [6.45, 7) is 1.87. The van der Waals surface area contributed by atoms with Crippen LogP contribution in [0.25, 0.3) is 10.8 Å². The van der Waals surface area contributed by atoms with Crippen LogP contribution in [0.2, 0.25) is 0 Å². The molecule has 23 heavy (non-hydrogen) atoms. The fourth-order valence-electron chi connectivity index (χ4n) is 2.46. The number of fused-ring (bicyclic) bond motifs is 1. The Kier molecular flexibility index (Phi) is 4.06. The molecule has 0 radical (unpaired) electrons. The van der Waals surface area contributed by atoms with E-state index in [1.165, 1.54) is 6.21 Å². The van der Waals surface area contributed by atoms with E-state index in [2.05, 4.69) is 10.5 Å². The van der Waals surface area contributed by atoms with Crippen molar-refractivity contribution in [1.82, 2.24) is 5.43 Å². The summed E-state index contributed by atoms with van der Waals surface area (Å²) in [5, 5.41) is 15.9. The first kappa shape index (κ1) is 14.8. The van der Waals surface area contributed by atoms with Gasteiger partial charge in [-0.05, 0) is 35.4 Å². The summed E-state index contributed by atoms with van der Waals surface area (Å²) in [6, 6.07) is 18.4. The molecule has 0 saturated carbocycles. The van der Waals surface area contributed by atoms with E-state index < -0.39 is 0 Å². The number of aromatic hydroxyl groups is 1. The number of carbonyl (C=O) groups excluding carboxylic acids is 1. The average molecular weight is 304 g/mol. The van der Waals surface area contributed by atoms with Gasteiger partial charge in [0.2, 0.25) is 0 Å². The molecule has 3 aromatic carbocycles. The van der Waals surface area contributed by atoms with Crippen molar-refractivity contribution >= 4 is 22.9 Å². The van der Waals surface area contributed by atoms with Gasteiger partial charge in [0, 0.05) is 11.1 Å². The van der Waals surface area contributed by atoms with E-state index in [9.17, 15) is 9.90 Å². The fraction of sp³-hybridized carbons (Fsp3) is 0.0526. The maximum atomic E-state index is 12.1. The molecule has 1 amide bonds. The zero-order valence-electron chi connectivity index (χ0n) is 12.7. The lowest BCUT2D eigenvalue weighted by Crippen LogP contribution is -2.18. The van der Waals surface area contributed by atoms with Crippen LogP contribution in [0.5, 0.6) is 5.75 Å². The second-order valence-corrected chi connectivity index (χ2v) is 5.23. The van der Waals surface area contributed by atoms with Crippen LogP contribution in [0.1, 0.15) is 21.5 Å². The monoisotopic (exact) mass is 304 g/mol. The molecule has 0 unspecified atom stereocenters. The van der Waals surface area contributed by atoms with Crippen molar-refractivity contribution in [2.24, 2.45) is 5.10 Å². The standard InChI is InChI=1S/C19H16N2O2/c1-13-6-2-4-8-15(13)19(23)21-20-12-17-16-9-5-3-7-14(16)10-11-18(17)22/h2-12,22H,1H3,(H,21,23)/b20-12-. The lowest BCUT2D eigenvalue weighted by molar-refractivity contribution is 0.0954. The summed E-state index contributed by atoms with van der Waals surface area (Å²) < 4.78 is 0. The van der Waals surface area contributed by atoms with E-state index in [-0.39, 0.29) is 11.7 Å². The van der Waals surface area contributed by atoms with Crippen LogP contribution in [0.3, 0.4) is 0 Å². The van der Waals surface area contributed by atoms with Crippen LogP contribution in [0.15, 0.2) is 65.8 Å². The van der Waals surface area contributed by atoms with Gasteiger partial charge in [0.25, 0.3) is 5.91 Å². The number of hydrogen-bond acceptors (Lipinski definition) is 3. The van der Waals surface area contributed by atoms with Gasteiger partial charge in [-0.1, -0.05) is 48.5 Å². The minimum atomic E-state index is -0.279. The number of aryl methyl sites for hydroxylation is 1. The maximum absolute atomic E-state index is 12.1. The van der Waals surface area contributed by atoms with Crippen molar-refractivity contribution in [3.05, 3.63) is 77.4 Å². The Labute approximate surface area is 134 Å². The lowest BCUT2D eigenvalue weighted by Gasteiger charge is -2.05. The van der Waals surface area contributed by atoms with E-state index in [4.69, 9.17) is 0 Å². The summed E-state index contributed by atoms with van der Waals surface area (Å²) in [6.07, 6.45) is 1.47. The van der Waals surface area contributed by atoms with E-state index in [1.807, 2.05) is 55.5 Å². The van der Waals surface area contributed by atoms with Gasteiger partial charge in [-0.15, -0.1) is 0 Å². The molecule has 0 spiro atoms. The predicted molar refractivity (Wildman–Crippen MR) is 91.9 cm³/mol. The molecule has 0 saturated heterocycles. The number of phenols is 1. The summed E-state index contributed by atoms with van der Waals surface area (Å²) in [5.74, 6) is -0.156. The summed E-state index contributed by atoms with van der Waals surface area (Å²) in [5.41, 5.74) is 4.53. The zero-order valence-corrected chi connectivity index (χ0v) is 12.7. The number of hydrazone groups is 1. The van der Waals surface area contributed by atoms with Crippen molar-refractivity contribution in [2.75, 3.05) is 0 Å². The molecule has 4 nitrogen and oxygen atoms in total. The molecule has 0 aromatic heterocycles. The number of amides is 1. The SMILES string of the molecule is Cc1ccccc1C(=O)N/N=C\c1c(O)ccc2ccccc12. The van der Waals surface area contributed by atoms with Gasteiger partial charge in [0.05, 0.1) is 6.21 Å². The zero-order chi connectivity index (χ0) is 16.2.